The van der Waals surface area contributed by atoms with Gasteiger partial charge < -0.3 is 0 Å². The molecule has 1 fully saturated rings. The van der Waals surface area contributed by atoms with Crippen LogP contribution < -0.4 is 10.6 Å². The summed E-state index contributed by atoms with van der Waals surface area (Å²) in [4.78, 5) is 16.7. The molecule has 6 nitrogen and oxygen atoms in total. The maximum absolute atomic E-state index is 12.6. The number of carbonyl (C=O) groups is 1. The number of thioether (sulfide) groups is 2. The van der Waals surface area contributed by atoms with Crippen LogP contribution in [-0.4, -0.2) is 38.6 Å². The fourth-order valence-electron chi connectivity index (χ4n) is 3.09. The van der Waals surface area contributed by atoms with Crippen molar-refractivity contribution in [3.63, 3.8) is 0 Å². The first-order valence-corrected chi connectivity index (χ1v) is 12.7. The van der Waals surface area contributed by atoms with Crippen molar-refractivity contribution in [3.05, 3.63) is 66.0 Å². The lowest BCUT2D eigenvalue weighted by molar-refractivity contribution is -0.117. The molecule has 2 aromatic heterocycles. The number of aryl methyl sites for hydroxylation is 1. The highest BCUT2D eigenvalue weighted by Gasteiger charge is 2.31. The van der Waals surface area contributed by atoms with Gasteiger partial charge >= 0.3 is 0 Å². The maximum Gasteiger partial charge on any atom is 0.244 e. The summed E-state index contributed by atoms with van der Waals surface area (Å²) >= 11 is 4.85. The van der Waals surface area contributed by atoms with E-state index in [0.717, 1.165) is 34.9 Å². The molecule has 0 saturated carbocycles. The average molecular weight is 458 g/mol. The Hall–Kier alpha value is -1.94. The topological polar surface area (TPSA) is 79.8 Å². The monoisotopic (exact) mass is 457 g/mol. The summed E-state index contributed by atoms with van der Waals surface area (Å²) in [5.74, 6) is 1.65. The Bertz CT molecular complexity index is 938. The van der Waals surface area contributed by atoms with Crippen LogP contribution in [0.4, 0.5) is 5.13 Å². The zero-order valence-corrected chi connectivity index (χ0v) is 18.8. The van der Waals surface area contributed by atoms with Gasteiger partial charge in [0.1, 0.15) is 0 Å². The van der Waals surface area contributed by atoms with Crippen LogP contribution >= 0.6 is 34.9 Å². The van der Waals surface area contributed by atoms with E-state index in [0.29, 0.717) is 10.9 Å². The minimum Gasteiger partial charge on any atom is -0.299 e. The molecule has 1 amide bonds. The maximum atomic E-state index is 12.6. The van der Waals surface area contributed by atoms with E-state index in [9.17, 15) is 4.79 Å². The molecule has 2 atom stereocenters. The van der Waals surface area contributed by atoms with E-state index < -0.39 is 0 Å². The second-order valence-electron chi connectivity index (χ2n) is 6.87. The number of nitrogens with zero attached hydrogens (tertiary/aromatic N) is 3. The van der Waals surface area contributed by atoms with Gasteiger partial charge in [-0.25, -0.2) is 0 Å². The van der Waals surface area contributed by atoms with Gasteiger partial charge in [0.15, 0.2) is 4.34 Å². The first-order valence-electron chi connectivity index (χ1n) is 9.86. The highest BCUT2D eigenvalue weighted by molar-refractivity contribution is 8.01. The van der Waals surface area contributed by atoms with Crippen molar-refractivity contribution in [1.29, 1.82) is 0 Å². The van der Waals surface area contributed by atoms with E-state index in [-0.39, 0.29) is 17.3 Å². The number of rotatable bonds is 9. The van der Waals surface area contributed by atoms with Gasteiger partial charge in [-0.05, 0) is 36.5 Å². The van der Waals surface area contributed by atoms with Crippen molar-refractivity contribution < 1.29 is 4.79 Å². The van der Waals surface area contributed by atoms with Crippen molar-refractivity contribution in [2.45, 2.75) is 35.0 Å². The summed E-state index contributed by atoms with van der Waals surface area (Å²) in [7, 11) is 0. The largest absolute Gasteiger partial charge is 0.299 e. The third-order valence-electron chi connectivity index (χ3n) is 4.65. The number of hydrogen-bond acceptors (Lipinski definition) is 8. The van der Waals surface area contributed by atoms with Crippen LogP contribution in [0.5, 0.6) is 0 Å². The van der Waals surface area contributed by atoms with Crippen molar-refractivity contribution in [3.8, 4) is 0 Å². The van der Waals surface area contributed by atoms with Gasteiger partial charge in [0, 0.05) is 23.9 Å². The van der Waals surface area contributed by atoms with Crippen LogP contribution in [0.3, 0.4) is 0 Å². The van der Waals surface area contributed by atoms with Gasteiger partial charge in [0.25, 0.3) is 0 Å². The summed E-state index contributed by atoms with van der Waals surface area (Å²) in [6.45, 7) is 0. The summed E-state index contributed by atoms with van der Waals surface area (Å²) in [6, 6.07) is 14.2. The molecule has 0 bridgehead atoms. The van der Waals surface area contributed by atoms with E-state index in [4.69, 9.17) is 0 Å². The predicted molar refractivity (Wildman–Crippen MR) is 125 cm³/mol. The molecule has 3 heterocycles. The second-order valence-corrected chi connectivity index (χ2v) is 10.3. The van der Waals surface area contributed by atoms with Gasteiger partial charge in [-0.2, -0.15) is 0 Å². The second kappa shape index (κ2) is 10.9. The predicted octanol–water partition coefficient (Wildman–Crippen LogP) is 4.39. The molecular weight excluding hydrogens is 434 g/mol. The normalized spacial score (nSPS) is 18.4. The molecule has 1 saturated heterocycles. The van der Waals surface area contributed by atoms with E-state index in [1.54, 1.807) is 29.7 Å². The number of pyridine rings is 1. The van der Waals surface area contributed by atoms with Crippen molar-refractivity contribution in [2.75, 3.05) is 16.8 Å². The molecule has 1 aromatic carbocycles. The van der Waals surface area contributed by atoms with E-state index >= 15 is 0 Å². The molecule has 1 aliphatic heterocycles. The molecule has 0 radical (unpaired) electrons. The Morgan fingerprint density at radius 2 is 2.07 bits per heavy atom. The third kappa shape index (κ3) is 6.04. The van der Waals surface area contributed by atoms with Crippen molar-refractivity contribution >= 4 is 45.9 Å². The zero-order valence-electron chi connectivity index (χ0n) is 16.4. The van der Waals surface area contributed by atoms with Crippen molar-refractivity contribution in [1.82, 2.24) is 20.5 Å². The SMILES string of the molecule is O=C(Nc1nnc(SCCCCc2ccccc2)s1)C1CSC(c2cccnc2)N1. The molecular formula is C21H23N5OS3. The van der Waals surface area contributed by atoms with Crippen LogP contribution in [0, 0.1) is 0 Å². The molecule has 1 aliphatic rings. The lowest BCUT2D eigenvalue weighted by Crippen LogP contribution is -2.38. The minimum atomic E-state index is -0.252. The van der Waals surface area contributed by atoms with Crippen molar-refractivity contribution in [2.24, 2.45) is 0 Å². The quantitative estimate of drug-likeness (QED) is 0.280. The van der Waals surface area contributed by atoms with Gasteiger partial charge in [-0.3, -0.25) is 20.4 Å². The standard InChI is InChI=1S/C21H23N5OS3/c27-18(17-14-29-19(23-17)16-10-6-11-22-13-16)24-20-25-26-21(30-20)28-12-5-4-9-15-7-2-1-3-8-15/h1-3,6-8,10-11,13,17,19,23H,4-5,9,12,14H2,(H,24,25,27). The number of anilines is 1. The average Bonchev–Trinajstić information content (AvgIpc) is 3.45. The molecule has 2 unspecified atom stereocenters. The highest BCUT2D eigenvalue weighted by Crippen LogP contribution is 2.33. The van der Waals surface area contributed by atoms with E-state index in [2.05, 4.69) is 50.1 Å². The Morgan fingerprint density at radius 3 is 2.90 bits per heavy atom. The van der Waals surface area contributed by atoms with Gasteiger partial charge in [0.2, 0.25) is 11.0 Å². The zero-order chi connectivity index (χ0) is 20.6. The number of hydrogen-bond donors (Lipinski definition) is 2. The molecule has 2 N–H and O–H groups in total. The van der Waals surface area contributed by atoms with Crippen LogP contribution in [0.1, 0.15) is 29.3 Å². The number of carbonyl (C=O) groups excluding carboxylic acids is 1. The van der Waals surface area contributed by atoms with Gasteiger partial charge in [-0.15, -0.1) is 22.0 Å². The van der Waals surface area contributed by atoms with Crippen LogP contribution in [-0.2, 0) is 11.2 Å². The lowest BCUT2D eigenvalue weighted by atomic mass is 10.1. The molecule has 0 aliphatic carbocycles. The Morgan fingerprint density at radius 1 is 1.17 bits per heavy atom. The first kappa shape index (κ1) is 21.3. The number of benzene rings is 1. The molecule has 3 aromatic rings. The highest BCUT2D eigenvalue weighted by atomic mass is 32.2. The first-order chi connectivity index (χ1) is 14.8. The minimum absolute atomic E-state index is 0.0653. The van der Waals surface area contributed by atoms with Gasteiger partial charge in [-0.1, -0.05) is 59.5 Å². The Labute approximate surface area is 188 Å². The van der Waals surface area contributed by atoms with Crippen LogP contribution in [0.15, 0.2) is 59.2 Å². The summed E-state index contributed by atoms with van der Waals surface area (Å²) < 4.78 is 0.895. The molecule has 0 spiro atoms. The van der Waals surface area contributed by atoms with Crippen LogP contribution in [0.25, 0.3) is 0 Å². The lowest BCUT2D eigenvalue weighted by Gasteiger charge is -2.12. The number of nitrogens with one attached hydrogen (secondary N) is 2. The Kier molecular flexibility index (Phi) is 7.74. The van der Waals surface area contributed by atoms with E-state index in [1.165, 1.54) is 16.9 Å². The summed E-state index contributed by atoms with van der Waals surface area (Å²) in [5, 5.41) is 15.2. The smallest absolute Gasteiger partial charge is 0.244 e. The molecule has 4 rings (SSSR count). The fourth-order valence-corrected chi connectivity index (χ4v) is 6.14. The fraction of sp³-hybridized carbons (Fsp3) is 0.333. The molecule has 30 heavy (non-hydrogen) atoms. The van der Waals surface area contributed by atoms with Crippen LogP contribution in [0.2, 0.25) is 0 Å². The summed E-state index contributed by atoms with van der Waals surface area (Å²) in [6.07, 6.45) is 6.97. The molecule has 156 valence electrons. The molecule has 9 heteroatoms. The third-order valence-corrected chi connectivity index (χ3v) is 7.98. The summed E-state index contributed by atoms with van der Waals surface area (Å²) in [5.41, 5.74) is 2.47. The van der Waals surface area contributed by atoms with Gasteiger partial charge in [0.05, 0.1) is 11.4 Å². The number of unbranched alkanes of at least 4 members (excludes halogenated alkanes) is 1. The number of amides is 1. The Balaban J connectivity index is 1.17. The number of aromatic nitrogens is 3. The van der Waals surface area contributed by atoms with E-state index in [1.807, 2.05) is 24.4 Å².